The van der Waals surface area contributed by atoms with Gasteiger partial charge in [0.15, 0.2) is 5.78 Å². The first-order valence-corrected chi connectivity index (χ1v) is 8.92. The van der Waals surface area contributed by atoms with E-state index < -0.39 is 5.91 Å². The molecule has 1 heterocycles. The number of benzene rings is 2. The van der Waals surface area contributed by atoms with Crippen molar-refractivity contribution in [2.75, 3.05) is 0 Å². The molecule has 2 aliphatic rings. The van der Waals surface area contributed by atoms with Gasteiger partial charge in [-0.2, -0.15) is 0 Å². The lowest BCUT2D eigenvalue weighted by molar-refractivity contribution is -0.116. The maximum absolute atomic E-state index is 12.6. The Kier molecular flexibility index (Phi) is 4.25. The Morgan fingerprint density at radius 2 is 1.73 bits per heavy atom. The molecule has 1 atom stereocenters. The van der Waals surface area contributed by atoms with E-state index in [1.165, 1.54) is 0 Å². The van der Waals surface area contributed by atoms with Gasteiger partial charge >= 0.3 is 0 Å². The largest absolute Gasteiger partial charge is 0.366 e. The minimum Gasteiger partial charge on any atom is -0.366 e. The summed E-state index contributed by atoms with van der Waals surface area (Å²) >= 11 is 0. The summed E-state index contributed by atoms with van der Waals surface area (Å²) < 4.78 is 0. The van der Waals surface area contributed by atoms with E-state index in [-0.39, 0.29) is 11.7 Å². The van der Waals surface area contributed by atoms with Crippen LogP contribution in [0.5, 0.6) is 0 Å². The maximum Gasteiger partial charge on any atom is 0.248 e. The van der Waals surface area contributed by atoms with E-state index in [2.05, 4.69) is 12.1 Å². The fourth-order valence-electron chi connectivity index (χ4n) is 3.84. The second-order valence-corrected chi connectivity index (χ2v) is 6.80. The molecule has 4 rings (SSSR count). The average molecular weight is 344 g/mol. The van der Waals surface area contributed by atoms with Crippen molar-refractivity contribution >= 4 is 17.4 Å². The molecule has 26 heavy (non-hydrogen) atoms. The number of hydrogen-bond donors (Lipinski definition) is 1. The van der Waals surface area contributed by atoms with Crippen molar-refractivity contribution in [3.63, 3.8) is 0 Å². The van der Waals surface area contributed by atoms with Crippen molar-refractivity contribution in [3.8, 4) is 0 Å². The van der Waals surface area contributed by atoms with E-state index in [0.29, 0.717) is 18.4 Å². The van der Waals surface area contributed by atoms with Crippen LogP contribution in [0.25, 0.3) is 0 Å². The van der Waals surface area contributed by atoms with Crippen LogP contribution in [-0.4, -0.2) is 17.4 Å². The number of rotatable bonds is 3. The number of carbonyl (C=O) groups is 2. The molecule has 1 unspecified atom stereocenters. The van der Waals surface area contributed by atoms with Crippen LogP contribution in [0.15, 0.2) is 70.9 Å². The lowest BCUT2D eigenvalue weighted by Gasteiger charge is -2.30. The molecule has 130 valence electrons. The summed E-state index contributed by atoms with van der Waals surface area (Å²) in [5.41, 5.74) is 10.7. The number of allylic oxidation sites excluding steroid dienone is 2. The van der Waals surface area contributed by atoms with E-state index in [1.54, 1.807) is 12.1 Å². The molecule has 4 nitrogen and oxygen atoms in total. The summed E-state index contributed by atoms with van der Waals surface area (Å²) in [6.07, 6.45) is 2.97. The summed E-state index contributed by atoms with van der Waals surface area (Å²) in [6, 6.07) is 17.4. The number of ketones is 1. The van der Waals surface area contributed by atoms with E-state index in [1.807, 2.05) is 30.3 Å². The van der Waals surface area contributed by atoms with Crippen LogP contribution < -0.4 is 5.73 Å². The van der Waals surface area contributed by atoms with Crippen LogP contribution in [0.3, 0.4) is 0 Å². The highest BCUT2D eigenvalue weighted by Crippen LogP contribution is 2.40. The zero-order valence-electron chi connectivity index (χ0n) is 14.4. The van der Waals surface area contributed by atoms with Gasteiger partial charge in [0.1, 0.15) is 0 Å². The van der Waals surface area contributed by atoms with Crippen LogP contribution in [0, 0.1) is 0 Å². The molecule has 0 bridgehead atoms. The second kappa shape index (κ2) is 6.71. The van der Waals surface area contributed by atoms with Gasteiger partial charge in [0, 0.05) is 41.3 Å². The predicted molar refractivity (Wildman–Crippen MR) is 101 cm³/mol. The fraction of sp³-hybridized carbons (Fsp3) is 0.227. The molecule has 0 fully saturated rings. The third-order valence-electron chi connectivity index (χ3n) is 5.15. The Balaban J connectivity index is 1.78. The van der Waals surface area contributed by atoms with Crippen LogP contribution in [0.4, 0.5) is 0 Å². The van der Waals surface area contributed by atoms with E-state index in [4.69, 9.17) is 10.7 Å². The zero-order chi connectivity index (χ0) is 18.1. The number of amides is 1. The lowest BCUT2D eigenvalue weighted by Crippen LogP contribution is -2.24. The first-order valence-electron chi connectivity index (χ1n) is 8.92. The molecule has 0 saturated heterocycles. The van der Waals surface area contributed by atoms with Crippen molar-refractivity contribution in [3.05, 3.63) is 82.6 Å². The minimum atomic E-state index is -0.444. The molecule has 1 aliphatic carbocycles. The number of aliphatic imine (C=N–C) groups is 1. The number of primary amides is 1. The normalized spacial score (nSPS) is 19.8. The monoisotopic (exact) mass is 344 g/mol. The highest BCUT2D eigenvalue weighted by Gasteiger charge is 2.33. The van der Waals surface area contributed by atoms with Gasteiger partial charge < -0.3 is 5.73 Å². The van der Waals surface area contributed by atoms with Gasteiger partial charge in [0.25, 0.3) is 0 Å². The first-order chi connectivity index (χ1) is 12.6. The average Bonchev–Trinajstić information content (AvgIpc) is 2.68. The summed E-state index contributed by atoms with van der Waals surface area (Å²) in [5.74, 6) is -0.265. The van der Waals surface area contributed by atoms with Crippen LogP contribution >= 0.6 is 0 Å². The van der Waals surface area contributed by atoms with Gasteiger partial charge in [-0.3, -0.25) is 14.6 Å². The van der Waals surface area contributed by atoms with Gasteiger partial charge in [0.05, 0.1) is 0 Å². The Morgan fingerprint density at radius 3 is 2.42 bits per heavy atom. The topological polar surface area (TPSA) is 72.5 Å². The molecule has 2 aromatic carbocycles. The highest BCUT2D eigenvalue weighted by molar-refractivity contribution is 6.07. The SMILES string of the molecule is NC(=O)c1ccc(C2CC(c3ccccc3)=NC3=C2C(=O)CCC3)cc1. The summed E-state index contributed by atoms with van der Waals surface area (Å²) in [7, 11) is 0. The van der Waals surface area contributed by atoms with Crippen LogP contribution in [-0.2, 0) is 4.79 Å². The Hall–Kier alpha value is -3.01. The molecule has 0 spiro atoms. The van der Waals surface area contributed by atoms with E-state index in [0.717, 1.165) is 41.0 Å². The zero-order valence-corrected chi connectivity index (χ0v) is 14.4. The summed E-state index contributed by atoms with van der Waals surface area (Å²) in [5, 5.41) is 0. The smallest absolute Gasteiger partial charge is 0.248 e. The molecule has 2 aromatic rings. The van der Waals surface area contributed by atoms with Crippen molar-refractivity contribution in [2.24, 2.45) is 10.7 Å². The van der Waals surface area contributed by atoms with Gasteiger partial charge in [-0.05, 0) is 36.1 Å². The summed E-state index contributed by atoms with van der Waals surface area (Å²) in [6.45, 7) is 0. The number of nitrogens with two attached hydrogens (primary N) is 1. The molecule has 1 aliphatic heterocycles. The van der Waals surface area contributed by atoms with Crippen molar-refractivity contribution < 1.29 is 9.59 Å². The Labute approximate surface area is 152 Å². The molecule has 0 saturated carbocycles. The van der Waals surface area contributed by atoms with E-state index in [9.17, 15) is 9.59 Å². The van der Waals surface area contributed by atoms with Crippen LogP contribution in [0.2, 0.25) is 0 Å². The van der Waals surface area contributed by atoms with Gasteiger partial charge in [-0.1, -0.05) is 42.5 Å². The third-order valence-corrected chi connectivity index (χ3v) is 5.15. The van der Waals surface area contributed by atoms with Gasteiger partial charge in [-0.15, -0.1) is 0 Å². The van der Waals surface area contributed by atoms with Gasteiger partial charge in [0.2, 0.25) is 5.91 Å². The number of Topliss-reactive ketones (excluding diaryl/α,β-unsaturated/α-hetero) is 1. The highest BCUT2D eigenvalue weighted by atomic mass is 16.1. The maximum atomic E-state index is 12.6. The quantitative estimate of drug-likeness (QED) is 0.920. The Morgan fingerprint density at radius 1 is 1.00 bits per heavy atom. The fourth-order valence-corrected chi connectivity index (χ4v) is 3.84. The van der Waals surface area contributed by atoms with E-state index >= 15 is 0 Å². The lowest BCUT2D eigenvalue weighted by atomic mass is 9.76. The summed E-state index contributed by atoms with van der Waals surface area (Å²) in [4.78, 5) is 28.8. The first kappa shape index (κ1) is 16.5. The molecule has 1 amide bonds. The third kappa shape index (κ3) is 2.99. The minimum absolute atomic E-state index is 0.0209. The van der Waals surface area contributed by atoms with Crippen molar-refractivity contribution in [1.82, 2.24) is 0 Å². The van der Waals surface area contributed by atoms with Gasteiger partial charge in [-0.25, -0.2) is 0 Å². The molecular weight excluding hydrogens is 324 g/mol. The number of hydrogen-bond acceptors (Lipinski definition) is 3. The standard InChI is InChI=1S/C22H20N2O2/c23-22(26)16-11-9-14(10-12-16)17-13-19(15-5-2-1-3-6-15)24-18-7-4-8-20(25)21(17)18/h1-3,5-6,9-12,17H,4,7-8,13H2,(H2,23,26). The van der Waals surface area contributed by atoms with Crippen molar-refractivity contribution in [1.29, 1.82) is 0 Å². The molecule has 0 radical (unpaired) electrons. The molecular formula is C22H20N2O2. The molecule has 2 N–H and O–H groups in total. The van der Waals surface area contributed by atoms with Crippen molar-refractivity contribution in [2.45, 2.75) is 31.6 Å². The molecule has 0 aromatic heterocycles. The predicted octanol–water partition coefficient (Wildman–Crippen LogP) is 3.77. The number of carbonyl (C=O) groups excluding carboxylic acids is 2. The second-order valence-electron chi connectivity index (χ2n) is 6.80. The number of nitrogens with zero attached hydrogens (tertiary/aromatic N) is 1. The Bertz CT molecular complexity index is 924. The van der Waals surface area contributed by atoms with Crippen LogP contribution in [0.1, 0.15) is 53.1 Å². The molecule has 4 heteroatoms.